The highest BCUT2D eigenvalue weighted by molar-refractivity contribution is 5.70. The highest BCUT2D eigenvalue weighted by Gasteiger charge is 2.15. The summed E-state index contributed by atoms with van der Waals surface area (Å²) in [7, 11) is 0. The molecule has 2 atom stereocenters. The Morgan fingerprint density at radius 1 is 0.786 bits per heavy atom. The fourth-order valence-corrected chi connectivity index (χ4v) is 2.63. The molecule has 0 aromatic rings. The Balaban J connectivity index is 3.91. The minimum absolute atomic E-state index is 0.150. The van der Waals surface area contributed by atoms with E-state index >= 15 is 0 Å². The minimum Gasteiger partial charge on any atom is -0.463 e. The van der Waals surface area contributed by atoms with E-state index in [9.17, 15) is 14.7 Å². The van der Waals surface area contributed by atoms with E-state index in [0.717, 1.165) is 25.7 Å². The highest BCUT2D eigenvalue weighted by atomic mass is 16.6. The van der Waals surface area contributed by atoms with Crippen LogP contribution < -0.4 is 0 Å². The number of ether oxygens (including phenoxy) is 2. The van der Waals surface area contributed by atoms with Crippen molar-refractivity contribution in [3.05, 3.63) is 23.3 Å². The molecule has 0 aliphatic rings. The number of aliphatic hydroxyl groups is 1. The fourth-order valence-electron chi connectivity index (χ4n) is 2.63. The Morgan fingerprint density at radius 3 is 1.46 bits per heavy atom. The Hall–Kier alpha value is -1.62. The Labute approximate surface area is 171 Å². The predicted molar refractivity (Wildman–Crippen MR) is 113 cm³/mol. The van der Waals surface area contributed by atoms with Crippen molar-refractivity contribution in [2.24, 2.45) is 11.8 Å². The molecule has 0 radical (unpaired) electrons. The van der Waals surface area contributed by atoms with E-state index in [1.54, 1.807) is 0 Å². The fraction of sp³-hybridized carbons (Fsp3) is 0.739. The summed E-state index contributed by atoms with van der Waals surface area (Å²) in [4.78, 5) is 23.7. The number of carbonyl (C=O) groups is 2. The van der Waals surface area contributed by atoms with Crippen LogP contribution in [0.4, 0.5) is 0 Å². The number of carbonyl (C=O) groups excluding carboxylic acids is 2. The maximum atomic E-state index is 11.8. The normalized spacial score (nSPS) is 13.8. The van der Waals surface area contributed by atoms with Crippen LogP contribution >= 0.6 is 0 Å². The quantitative estimate of drug-likeness (QED) is 0.331. The van der Waals surface area contributed by atoms with Gasteiger partial charge < -0.3 is 14.6 Å². The van der Waals surface area contributed by atoms with E-state index in [1.165, 1.54) is 11.1 Å². The summed E-state index contributed by atoms with van der Waals surface area (Å²) in [6.45, 7) is 11.9. The summed E-state index contributed by atoms with van der Waals surface area (Å²) in [5.41, 5.74) is 2.55. The summed E-state index contributed by atoms with van der Waals surface area (Å²) in [6, 6.07) is 0. The second-order valence-corrected chi connectivity index (χ2v) is 8.36. The van der Waals surface area contributed by atoms with Crippen molar-refractivity contribution in [3.8, 4) is 0 Å². The molecule has 5 nitrogen and oxygen atoms in total. The number of hydrogen-bond donors (Lipinski definition) is 1. The van der Waals surface area contributed by atoms with Crippen molar-refractivity contribution < 1.29 is 24.2 Å². The van der Waals surface area contributed by atoms with Gasteiger partial charge in [-0.1, -0.05) is 37.1 Å². The van der Waals surface area contributed by atoms with Crippen molar-refractivity contribution in [2.45, 2.75) is 86.2 Å². The lowest BCUT2D eigenvalue weighted by Gasteiger charge is -2.15. The lowest BCUT2D eigenvalue weighted by atomic mass is 10.0. The molecule has 0 spiro atoms. The Morgan fingerprint density at radius 2 is 1.14 bits per heavy atom. The predicted octanol–water partition coefficient (Wildman–Crippen LogP) is 4.98. The van der Waals surface area contributed by atoms with Crippen LogP contribution in [0.3, 0.4) is 0 Å². The van der Waals surface area contributed by atoms with E-state index in [-0.39, 0.29) is 37.0 Å². The Kier molecular flexibility index (Phi) is 14.4. The van der Waals surface area contributed by atoms with Crippen LogP contribution in [0.15, 0.2) is 23.3 Å². The van der Waals surface area contributed by atoms with Crippen molar-refractivity contribution >= 4 is 11.9 Å². The number of aliphatic hydroxyl groups excluding tert-OH is 1. The van der Waals surface area contributed by atoms with Gasteiger partial charge in [-0.05, 0) is 65.2 Å². The summed E-state index contributed by atoms with van der Waals surface area (Å²) in [5, 5.41) is 9.85. The molecule has 0 aromatic carbocycles. The molecular weight excluding hydrogens is 356 g/mol. The molecule has 0 amide bonds. The van der Waals surface area contributed by atoms with Crippen molar-refractivity contribution in [2.75, 3.05) is 13.2 Å². The monoisotopic (exact) mass is 396 g/mol. The molecule has 0 rings (SSSR count). The van der Waals surface area contributed by atoms with Crippen LogP contribution in [-0.2, 0) is 19.1 Å². The molecule has 1 N–H and O–H groups in total. The number of rotatable bonds is 14. The van der Waals surface area contributed by atoms with E-state index in [2.05, 4.69) is 39.8 Å². The zero-order valence-electron chi connectivity index (χ0n) is 18.6. The van der Waals surface area contributed by atoms with Crippen LogP contribution in [0.2, 0.25) is 0 Å². The van der Waals surface area contributed by atoms with Gasteiger partial charge in [0.15, 0.2) is 0 Å². The van der Waals surface area contributed by atoms with Crippen LogP contribution in [0.25, 0.3) is 0 Å². The zero-order valence-corrected chi connectivity index (χ0v) is 18.6. The highest BCUT2D eigenvalue weighted by Crippen LogP contribution is 2.14. The van der Waals surface area contributed by atoms with Gasteiger partial charge in [0.2, 0.25) is 0 Å². The lowest BCUT2D eigenvalue weighted by molar-refractivity contribution is -0.153. The third-order valence-corrected chi connectivity index (χ3v) is 4.33. The van der Waals surface area contributed by atoms with Crippen LogP contribution in [0.5, 0.6) is 0 Å². The molecule has 5 heteroatoms. The van der Waals surface area contributed by atoms with Gasteiger partial charge >= 0.3 is 11.9 Å². The smallest absolute Gasteiger partial charge is 0.306 e. The molecule has 0 heterocycles. The molecule has 0 saturated carbocycles. The van der Waals surface area contributed by atoms with Crippen LogP contribution in [-0.4, -0.2) is 36.4 Å². The molecule has 0 aliphatic carbocycles. The summed E-state index contributed by atoms with van der Waals surface area (Å²) >= 11 is 0. The van der Waals surface area contributed by atoms with E-state index in [4.69, 9.17) is 9.47 Å². The molecule has 0 saturated heterocycles. The standard InChI is InChI=1S/C23H40O5/c1-17(2)9-7-11-19(5)13-22(25)27-15-21(24)16-28-23(26)14-20(6)12-8-10-18(3)4/h9-10,19-21,24H,7-8,11-16H2,1-6H3. The maximum Gasteiger partial charge on any atom is 0.306 e. The number of esters is 2. The first-order valence-electron chi connectivity index (χ1n) is 10.4. The molecule has 2 unspecified atom stereocenters. The maximum absolute atomic E-state index is 11.8. The average molecular weight is 397 g/mol. The lowest BCUT2D eigenvalue weighted by Crippen LogP contribution is -2.26. The number of allylic oxidation sites excluding steroid dienone is 4. The largest absolute Gasteiger partial charge is 0.463 e. The number of hydrogen-bond acceptors (Lipinski definition) is 5. The van der Waals surface area contributed by atoms with Crippen molar-refractivity contribution in [1.82, 2.24) is 0 Å². The third kappa shape index (κ3) is 16.5. The van der Waals surface area contributed by atoms with Gasteiger partial charge in [-0.25, -0.2) is 0 Å². The van der Waals surface area contributed by atoms with Crippen molar-refractivity contribution in [1.29, 1.82) is 0 Å². The second-order valence-electron chi connectivity index (χ2n) is 8.36. The topological polar surface area (TPSA) is 72.8 Å². The van der Waals surface area contributed by atoms with Gasteiger partial charge in [0, 0.05) is 12.8 Å². The first-order chi connectivity index (χ1) is 13.1. The summed E-state index contributed by atoms with van der Waals surface area (Å²) in [5.74, 6) is -0.206. The van der Waals surface area contributed by atoms with E-state index < -0.39 is 6.10 Å². The molecule has 0 fully saturated rings. The summed E-state index contributed by atoms with van der Waals surface area (Å²) < 4.78 is 10.2. The van der Waals surface area contributed by atoms with E-state index in [0.29, 0.717) is 12.8 Å². The van der Waals surface area contributed by atoms with Gasteiger partial charge in [0.05, 0.1) is 0 Å². The third-order valence-electron chi connectivity index (χ3n) is 4.33. The first-order valence-corrected chi connectivity index (χ1v) is 10.4. The van der Waals surface area contributed by atoms with Gasteiger partial charge in [-0.15, -0.1) is 0 Å². The van der Waals surface area contributed by atoms with E-state index in [1.807, 2.05) is 13.8 Å². The summed E-state index contributed by atoms with van der Waals surface area (Å²) in [6.07, 6.45) is 7.71. The Bertz CT molecular complexity index is 467. The zero-order chi connectivity index (χ0) is 21.5. The van der Waals surface area contributed by atoms with Gasteiger partial charge in [0.25, 0.3) is 0 Å². The second kappa shape index (κ2) is 15.3. The molecule has 162 valence electrons. The van der Waals surface area contributed by atoms with Crippen molar-refractivity contribution in [3.63, 3.8) is 0 Å². The first kappa shape index (κ1) is 26.4. The minimum atomic E-state index is -0.991. The van der Waals surface area contributed by atoms with Gasteiger partial charge in [-0.3, -0.25) is 9.59 Å². The van der Waals surface area contributed by atoms with Crippen LogP contribution in [0, 0.1) is 11.8 Å². The molecule has 0 aromatic heterocycles. The average Bonchev–Trinajstić information content (AvgIpc) is 2.57. The molecular formula is C23H40O5. The SMILES string of the molecule is CC(C)=CCCC(C)CC(=O)OCC(O)COC(=O)CC(C)CCC=C(C)C. The van der Waals surface area contributed by atoms with Gasteiger partial charge in [0.1, 0.15) is 19.3 Å². The van der Waals surface area contributed by atoms with Crippen LogP contribution in [0.1, 0.15) is 80.1 Å². The molecule has 28 heavy (non-hydrogen) atoms. The molecule has 0 bridgehead atoms. The van der Waals surface area contributed by atoms with Gasteiger partial charge in [-0.2, -0.15) is 0 Å². The molecule has 0 aliphatic heterocycles.